The quantitative estimate of drug-likeness (QED) is 0.809. The maximum Gasteiger partial charge on any atom is 0.315 e. The van der Waals surface area contributed by atoms with Crippen molar-refractivity contribution in [3.63, 3.8) is 0 Å². The van der Waals surface area contributed by atoms with Gasteiger partial charge in [-0.3, -0.25) is 0 Å². The van der Waals surface area contributed by atoms with Gasteiger partial charge in [-0.05, 0) is 32.3 Å². The molecule has 0 saturated heterocycles. The molecule has 1 heterocycles. The maximum absolute atomic E-state index is 11.8. The molecule has 1 aliphatic carbocycles. The highest BCUT2D eigenvalue weighted by atomic mass is 16.3. The molecule has 3 N–H and O–H groups in total. The van der Waals surface area contributed by atoms with E-state index in [1.54, 1.807) is 0 Å². The summed E-state index contributed by atoms with van der Waals surface area (Å²) >= 11 is 0. The van der Waals surface area contributed by atoms with Crippen LogP contribution in [-0.4, -0.2) is 23.3 Å². The molecule has 0 aliphatic heterocycles. The van der Waals surface area contributed by atoms with E-state index >= 15 is 0 Å². The van der Waals surface area contributed by atoms with Crippen LogP contribution in [0.5, 0.6) is 0 Å². The molecule has 0 spiro atoms. The summed E-state index contributed by atoms with van der Waals surface area (Å²) in [5.74, 6) is 0.758. The molecule has 5 nitrogen and oxygen atoms in total. The average molecular weight is 288 g/mol. The maximum atomic E-state index is 11.8. The Balaban J connectivity index is 1.56. The Labute approximate surface area is 123 Å². The van der Waals surface area contributed by atoms with E-state index in [0.29, 0.717) is 13.1 Å². The summed E-state index contributed by atoms with van der Waals surface area (Å²) in [6.07, 6.45) is 2.55. The van der Waals surface area contributed by atoms with Crippen LogP contribution in [0.25, 0.3) is 11.0 Å². The van der Waals surface area contributed by atoms with Gasteiger partial charge in [0.2, 0.25) is 0 Å². The van der Waals surface area contributed by atoms with Crippen LogP contribution in [0, 0.1) is 6.92 Å². The van der Waals surface area contributed by atoms with E-state index in [0.717, 1.165) is 41.6 Å². The third-order valence-electron chi connectivity index (χ3n) is 4.21. The molecule has 21 heavy (non-hydrogen) atoms. The van der Waals surface area contributed by atoms with E-state index in [1.165, 1.54) is 0 Å². The number of para-hydroxylation sites is 1. The molecule has 0 radical (unpaired) electrons. The minimum Gasteiger partial charge on any atom is -0.459 e. The molecule has 1 aromatic heterocycles. The van der Waals surface area contributed by atoms with Gasteiger partial charge in [-0.15, -0.1) is 0 Å². The smallest absolute Gasteiger partial charge is 0.315 e. The number of amides is 2. The van der Waals surface area contributed by atoms with Crippen LogP contribution in [0.2, 0.25) is 0 Å². The van der Waals surface area contributed by atoms with Crippen molar-refractivity contribution < 1.29 is 14.3 Å². The SMILES string of the molecule is Cc1c(CNC(=O)NCC2(O)CCC2)oc2ccccc12. The zero-order valence-electron chi connectivity index (χ0n) is 12.1. The van der Waals surface area contributed by atoms with E-state index in [2.05, 4.69) is 10.6 Å². The number of hydrogen-bond acceptors (Lipinski definition) is 3. The lowest BCUT2D eigenvalue weighted by molar-refractivity contribution is -0.0290. The first-order valence-corrected chi connectivity index (χ1v) is 7.28. The van der Waals surface area contributed by atoms with E-state index in [1.807, 2.05) is 31.2 Å². The molecule has 112 valence electrons. The number of carbonyl (C=O) groups excluding carboxylic acids is 1. The Hall–Kier alpha value is -2.01. The fourth-order valence-corrected chi connectivity index (χ4v) is 2.62. The fraction of sp³-hybridized carbons (Fsp3) is 0.438. The number of aryl methyl sites for hydroxylation is 1. The van der Waals surface area contributed by atoms with Crippen molar-refractivity contribution in [2.24, 2.45) is 0 Å². The molecule has 2 aromatic rings. The van der Waals surface area contributed by atoms with Gasteiger partial charge in [0, 0.05) is 17.5 Å². The van der Waals surface area contributed by atoms with Gasteiger partial charge < -0.3 is 20.2 Å². The van der Waals surface area contributed by atoms with Crippen molar-refractivity contribution in [2.75, 3.05) is 6.54 Å². The first kappa shape index (κ1) is 13.9. The molecule has 1 saturated carbocycles. The van der Waals surface area contributed by atoms with Crippen molar-refractivity contribution in [1.82, 2.24) is 10.6 Å². The van der Waals surface area contributed by atoms with E-state index < -0.39 is 5.60 Å². The van der Waals surface area contributed by atoms with Gasteiger partial charge in [0.05, 0.1) is 12.1 Å². The topological polar surface area (TPSA) is 74.5 Å². The monoisotopic (exact) mass is 288 g/mol. The molecule has 1 fully saturated rings. The highest BCUT2D eigenvalue weighted by molar-refractivity contribution is 5.82. The molecular formula is C16H20N2O3. The number of carbonyl (C=O) groups is 1. The van der Waals surface area contributed by atoms with Crippen LogP contribution in [0.4, 0.5) is 4.79 Å². The Morgan fingerprint density at radius 3 is 2.76 bits per heavy atom. The average Bonchev–Trinajstić information content (AvgIpc) is 2.78. The molecule has 0 atom stereocenters. The predicted octanol–water partition coefficient (Wildman–Crippen LogP) is 2.46. The second-order valence-corrected chi connectivity index (χ2v) is 5.76. The van der Waals surface area contributed by atoms with Crippen molar-refractivity contribution in [2.45, 2.75) is 38.3 Å². The molecule has 5 heteroatoms. The minimum atomic E-state index is -0.702. The van der Waals surface area contributed by atoms with Gasteiger partial charge in [0.25, 0.3) is 0 Å². The number of hydrogen-bond donors (Lipinski definition) is 3. The largest absolute Gasteiger partial charge is 0.459 e. The predicted molar refractivity (Wildman–Crippen MR) is 80.0 cm³/mol. The fourth-order valence-electron chi connectivity index (χ4n) is 2.62. The summed E-state index contributed by atoms with van der Waals surface area (Å²) in [4.78, 5) is 11.8. The van der Waals surface area contributed by atoms with E-state index in [9.17, 15) is 9.90 Å². The number of furan rings is 1. The van der Waals surface area contributed by atoms with Gasteiger partial charge in [0.15, 0.2) is 0 Å². The van der Waals surface area contributed by atoms with Crippen LogP contribution >= 0.6 is 0 Å². The summed E-state index contributed by atoms with van der Waals surface area (Å²) in [5, 5.41) is 16.5. The zero-order valence-corrected chi connectivity index (χ0v) is 12.1. The summed E-state index contributed by atoms with van der Waals surface area (Å²) in [6, 6.07) is 7.53. The van der Waals surface area contributed by atoms with Crippen molar-refractivity contribution in [3.8, 4) is 0 Å². The van der Waals surface area contributed by atoms with Gasteiger partial charge >= 0.3 is 6.03 Å². The highest BCUT2D eigenvalue weighted by Gasteiger charge is 2.34. The summed E-state index contributed by atoms with van der Waals surface area (Å²) in [6.45, 7) is 2.63. The Kier molecular flexibility index (Phi) is 3.59. The second kappa shape index (κ2) is 5.41. The lowest BCUT2D eigenvalue weighted by Gasteiger charge is -2.36. The Morgan fingerprint density at radius 2 is 2.10 bits per heavy atom. The molecule has 0 unspecified atom stereocenters. The zero-order chi connectivity index (χ0) is 14.9. The lowest BCUT2D eigenvalue weighted by atomic mass is 9.80. The molecule has 2 amide bonds. The first-order chi connectivity index (χ1) is 10.1. The van der Waals surface area contributed by atoms with Crippen LogP contribution in [0.15, 0.2) is 28.7 Å². The normalized spacial score (nSPS) is 16.5. The minimum absolute atomic E-state index is 0.282. The van der Waals surface area contributed by atoms with Crippen molar-refractivity contribution in [3.05, 3.63) is 35.6 Å². The molecule has 1 aromatic carbocycles. The number of fused-ring (bicyclic) bond motifs is 1. The summed E-state index contributed by atoms with van der Waals surface area (Å²) in [7, 11) is 0. The molecule has 1 aliphatic rings. The number of rotatable bonds is 4. The third kappa shape index (κ3) is 2.88. The van der Waals surface area contributed by atoms with Gasteiger partial charge in [0.1, 0.15) is 11.3 Å². The van der Waals surface area contributed by atoms with Crippen molar-refractivity contribution >= 4 is 17.0 Å². The third-order valence-corrected chi connectivity index (χ3v) is 4.21. The van der Waals surface area contributed by atoms with Crippen LogP contribution in [0.1, 0.15) is 30.6 Å². The molecule has 0 bridgehead atoms. The highest BCUT2D eigenvalue weighted by Crippen LogP contribution is 2.30. The van der Waals surface area contributed by atoms with Crippen LogP contribution in [-0.2, 0) is 6.54 Å². The number of urea groups is 1. The number of benzene rings is 1. The van der Waals surface area contributed by atoms with Gasteiger partial charge in [-0.2, -0.15) is 0 Å². The summed E-state index contributed by atoms with van der Waals surface area (Å²) in [5.41, 5.74) is 1.17. The van der Waals surface area contributed by atoms with Crippen molar-refractivity contribution in [1.29, 1.82) is 0 Å². The van der Waals surface area contributed by atoms with Crippen LogP contribution < -0.4 is 10.6 Å². The Morgan fingerprint density at radius 1 is 1.33 bits per heavy atom. The number of nitrogens with one attached hydrogen (secondary N) is 2. The number of aliphatic hydroxyl groups is 1. The van der Waals surface area contributed by atoms with E-state index in [4.69, 9.17) is 4.42 Å². The standard InChI is InChI=1S/C16H20N2O3/c1-11-12-5-2-3-6-13(12)21-14(11)9-17-15(19)18-10-16(20)7-4-8-16/h2-3,5-6,20H,4,7-10H2,1H3,(H2,17,18,19). The van der Waals surface area contributed by atoms with E-state index in [-0.39, 0.29) is 6.03 Å². The lowest BCUT2D eigenvalue weighted by Crippen LogP contribution is -2.49. The van der Waals surface area contributed by atoms with Gasteiger partial charge in [-0.1, -0.05) is 18.2 Å². The molecular weight excluding hydrogens is 268 g/mol. The Bertz CT molecular complexity index is 659. The first-order valence-electron chi connectivity index (χ1n) is 7.28. The summed E-state index contributed by atoms with van der Waals surface area (Å²) < 4.78 is 5.74. The second-order valence-electron chi connectivity index (χ2n) is 5.76. The van der Waals surface area contributed by atoms with Gasteiger partial charge in [-0.25, -0.2) is 4.79 Å². The van der Waals surface area contributed by atoms with Crippen LogP contribution in [0.3, 0.4) is 0 Å². The molecule has 3 rings (SSSR count).